The Balaban J connectivity index is 1.92. The van der Waals surface area contributed by atoms with Crippen molar-refractivity contribution in [2.75, 3.05) is 5.32 Å². The molecule has 2 heterocycles. The quantitative estimate of drug-likeness (QED) is 0.771. The van der Waals surface area contributed by atoms with Crippen molar-refractivity contribution >= 4 is 34.2 Å². The van der Waals surface area contributed by atoms with Crippen LogP contribution >= 0.6 is 11.3 Å². The molecule has 3 rings (SSSR count). The number of para-hydroxylation sites is 2. The van der Waals surface area contributed by atoms with Gasteiger partial charge in [0.15, 0.2) is 6.04 Å². The number of hydrogen-bond acceptors (Lipinski definition) is 5. The van der Waals surface area contributed by atoms with Gasteiger partial charge in [-0.2, -0.15) is 0 Å². The fourth-order valence-corrected chi connectivity index (χ4v) is 2.65. The van der Waals surface area contributed by atoms with Gasteiger partial charge < -0.3 is 10.4 Å². The van der Waals surface area contributed by atoms with Gasteiger partial charge in [0.25, 0.3) is 0 Å². The normalized spacial score (nSPS) is 12.2. The molecular weight excluding hydrogens is 274 g/mol. The van der Waals surface area contributed by atoms with Crippen LogP contribution in [0.3, 0.4) is 0 Å². The van der Waals surface area contributed by atoms with Crippen LogP contribution in [0.25, 0.3) is 11.0 Å². The van der Waals surface area contributed by atoms with Crippen molar-refractivity contribution < 1.29 is 9.90 Å². The fourth-order valence-electron chi connectivity index (χ4n) is 1.88. The summed E-state index contributed by atoms with van der Waals surface area (Å²) in [6.45, 7) is 0. The molecule has 6 heteroatoms. The van der Waals surface area contributed by atoms with Gasteiger partial charge in [0.05, 0.1) is 17.2 Å². The van der Waals surface area contributed by atoms with Gasteiger partial charge in [-0.3, -0.25) is 4.98 Å². The van der Waals surface area contributed by atoms with Crippen molar-refractivity contribution in [1.82, 2.24) is 9.97 Å². The topological polar surface area (TPSA) is 75.1 Å². The average molecular weight is 285 g/mol. The predicted octanol–water partition coefficient (Wildman–Crippen LogP) is 2.93. The van der Waals surface area contributed by atoms with E-state index in [1.54, 1.807) is 12.3 Å². The Morgan fingerprint density at radius 2 is 2.00 bits per heavy atom. The molecule has 0 fully saturated rings. The zero-order valence-electron chi connectivity index (χ0n) is 10.4. The lowest BCUT2D eigenvalue weighted by molar-refractivity contribution is -0.138. The zero-order valence-corrected chi connectivity index (χ0v) is 11.2. The Labute approximate surface area is 118 Å². The number of aliphatic carboxylic acids is 1. The maximum atomic E-state index is 11.4. The standard InChI is InChI=1S/C14H11N3O2S/c18-14(19)13(11-6-3-7-20-11)17-12-8-15-9-4-1-2-5-10(9)16-12/h1-8,13H,(H,16,17)(H,18,19). The summed E-state index contributed by atoms with van der Waals surface area (Å²) in [5, 5.41) is 14.1. The molecule has 0 aliphatic heterocycles. The van der Waals surface area contributed by atoms with E-state index in [0.29, 0.717) is 5.82 Å². The number of carboxylic acids is 1. The summed E-state index contributed by atoms with van der Waals surface area (Å²) < 4.78 is 0. The second kappa shape index (κ2) is 5.26. The molecule has 0 aliphatic carbocycles. The Hall–Kier alpha value is -2.47. The summed E-state index contributed by atoms with van der Waals surface area (Å²) in [4.78, 5) is 20.7. The van der Waals surface area contributed by atoms with Crippen LogP contribution in [0.2, 0.25) is 0 Å². The molecule has 0 saturated heterocycles. The molecule has 0 radical (unpaired) electrons. The van der Waals surface area contributed by atoms with Crippen LogP contribution in [0.1, 0.15) is 10.9 Å². The minimum Gasteiger partial charge on any atom is -0.479 e. The Bertz CT molecular complexity index is 743. The van der Waals surface area contributed by atoms with Crippen LogP contribution in [-0.4, -0.2) is 21.0 Å². The third kappa shape index (κ3) is 2.46. The number of fused-ring (bicyclic) bond motifs is 1. The molecule has 100 valence electrons. The number of carbonyl (C=O) groups is 1. The highest BCUT2D eigenvalue weighted by molar-refractivity contribution is 7.10. The van der Waals surface area contributed by atoms with Crippen LogP contribution in [0, 0.1) is 0 Å². The number of nitrogens with zero attached hydrogens (tertiary/aromatic N) is 2. The number of hydrogen-bond donors (Lipinski definition) is 2. The summed E-state index contributed by atoms with van der Waals surface area (Å²) in [7, 11) is 0. The smallest absolute Gasteiger partial charge is 0.331 e. The molecule has 0 bridgehead atoms. The molecular formula is C14H11N3O2S. The van der Waals surface area contributed by atoms with E-state index < -0.39 is 12.0 Å². The van der Waals surface area contributed by atoms with Crippen molar-refractivity contribution in [3.05, 3.63) is 52.9 Å². The number of benzene rings is 1. The van der Waals surface area contributed by atoms with Crippen LogP contribution < -0.4 is 5.32 Å². The number of carboxylic acid groups (broad SMARTS) is 1. The molecule has 0 saturated carbocycles. The summed E-state index contributed by atoms with van der Waals surface area (Å²) in [6.07, 6.45) is 1.55. The number of nitrogens with one attached hydrogen (secondary N) is 1. The molecule has 0 amide bonds. The van der Waals surface area contributed by atoms with Crippen LogP contribution in [0.5, 0.6) is 0 Å². The molecule has 1 aromatic carbocycles. The van der Waals surface area contributed by atoms with E-state index in [0.717, 1.165) is 15.9 Å². The summed E-state index contributed by atoms with van der Waals surface area (Å²) in [5.74, 6) is -0.494. The molecule has 0 spiro atoms. The van der Waals surface area contributed by atoms with E-state index in [1.165, 1.54) is 11.3 Å². The minimum absolute atomic E-state index is 0.449. The van der Waals surface area contributed by atoms with Gasteiger partial charge in [0.1, 0.15) is 5.82 Å². The van der Waals surface area contributed by atoms with Gasteiger partial charge in [0, 0.05) is 4.88 Å². The maximum absolute atomic E-state index is 11.4. The SMILES string of the molecule is O=C(O)C(Nc1cnc2ccccc2n1)c1cccs1. The lowest BCUT2D eigenvalue weighted by Crippen LogP contribution is -2.20. The van der Waals surface area contributed by atoms with Crippen molar-refractivity contribution in [3.8, 4) is 0 Å². The molecule has 0 aliphatic rings. The van der Waals surface area contributed by atoms with Crippen LogP contribution in [0.15, 0.2) is 48.0 Å². The van der Waals surface area contributed by atoms with E-state index in [9.17, 15) is 9.90 Å². The van der Waals surface area contributed by atoms with E-state index >= 15 is 0 Å². The summed E-state index contributed by atoms with van der Waals surface area (Å²) >= 11 is 1.39. The number of rotatable bonds is 4. The highest BCUT2D eigenvalue weighted by Gasteiger charge is 2.21. The van der Waals surface area contributed by atoms with Gasteiger partial charge in [-0.05, 0) is 23.6 Å². The second-order valence-corrected chi connectivity index (χ2v) is 5.15. The highest BCUT2D eigenvalue weighted by atomic mass is 32.1. The van der Waals surface area contributed by atoms with Gasteiger partial charge in [-0.15, -0.1) is 11.3 Å². The molecule has 5 nitrogen and oxygen atoms in total. The molecule has 2 N–H and O–H groups in total. The number of aromatic nitrogens is 2. The van der Waals surface area contributed by atoms with E-state index in [-0.39, 0.29) is 0 Å². The molecule has 3 aromatic rings. The first-order chi connectivity index (χ1) is 9.74. The first kappa shape index (κ1) is 12.6. The first-order valence-corrected chi connectivity index (χ1v) is 6.86. The van der Waals surface area contributed by atoms with Crippen molar-refractivity contribution in [2.24, 2.45) is 0 Å². The maximum Gasteiger partial charge on any atom is 0.331 e. The first-order valence-electron chi connectivity index (χ1n) is 5.98. The largest absolute Gasteiger partial charge is 0.479 e. The highest BCUT2D eigenvalue weighted by Crippen LogP contribution is 2.23. The zero-order chi connectivity index (χ0) is 13.9. The van der Waals surface area contributed by atoms with Gasteiger partial charge >= 0.3 is 5.97 Å². The van der Waals surface area contributed by atoms with E-state index in [2.05, 4.69) is 15.3 Å². The fraction of sp³-hybridized carbons (Fsp3) is 0.0714. The van der Waals surface area contributed by atoms with E-state index in [1.807, 2.05) is 35.7 Å². The lowest BCUT2D eigenvalue weighted by Gasteiger charge is -2.13. The minimum atomic E-state index is -0.942. The molecule has 1 atom stereocenters. The lowest BCUT2D eigenvalue weighted by atomic mass is 10.2. The third-order valence-electron chi connectivity index (χ3n) is 2.82. The average Bonchev–Trinajstić information content (AvgIpc) is 2.98. The summed E-state index contributed by atoms with van der Waals surface area (Å²) in [5.41, 5.74) is 1.51. The Morgan fingerprint density at radius 3 is 2.70 bits per heavy atom. The van der Waals surface area contributed by atoms with Gasteiger partial charge in [0.2, 0.25) is 0 Å². The van der Waals surface area contributed by atoms with E-state index in [4.69, 9.17) is 0 Å². The third-order valence-corrected chi connectivity index (χ3v) is 3.75. The molecule has 1 unspecified atom stereocenters. The van der Waals surface area contributed by atoms with Crippen molar-refractivity contribution in [2.45, 2.75) is 6.04 Å². The Morgan fingerprint density at radius 1 is 1.20 bits per heavy atom. The monoisotopic (exact) mass is 285 g/mol. The van der Waals surface area contributed by atoms with Crippen LogP contribution in [0.4, 0.5) is 5.82 Å². The Kier molecular flexibility index (Phi) is 3.30. The number of anilines is 1. The predicted molar refractivity (Wildman–Crippen MR) is 77.9 cm³/mol. The number of thiophene rings is 1. The van der Waals surface area contributed by atoms with Crippen molar-refractivity contribution in [1.29, 1.82) is 0 Å². The second-order valence-electron chi connectivity index (χ2n) is 4.17. The molecule has 20 heavy (non-hydrogen) atoms. The van der Waals surface area contributed by atoms with Crippen LogP contribution in [-0.2, 0) is 4.79 Å². The van der Waals surface area contributed by atoms with Gasteiger partial charge in [-0.25, -0.2) is 9.78 Å². The molecule has 2 aromatic heterocycles. The summed E-state index contributed by atoms with van der Waals surface area (Å²) in [6, 6.07) is 10.2. The van der Waals surface area contributed by atoms with Gasteiger partial charge in [-0.1, -0.05) is 18.2 Å². The van der Waals surface area contributed by atoms with Crippen molar-refractivity contribution in [3.63, 3.8) is 0 Å².